The van der Waals surface area contributed by atoms with Crippen molar-refractivity contribution in [2.24, 2.45) is 0 Å². The zero-order valence-corrected chi connectivity index (χ0v) is 9.39. The summed E-state index contributed by atoms with van der Waals surface area (Å²) in [6.07, 6.45) is 6.10. The van der Waals surface area contributed by atoms with Crippen LogP contribution in [0.4, 0.5) is 0 Å². The van der Waals surface area contributed by atoms with Gasteiger partial charge in [-0.1, -0.05) is 35.9 Å². The van der Waals surface area contributed by atoms with Crippen LogP contribution in [0.3, 0.4) is 0 Å². The highest BCUT2D eigenvalue weighted by Gasteiger charge is 1.99. The Kier molecular flexibility index (Phi) is 8.81. The average molecular weight is 268 g/mol. The number of unbranched alkanes of at least 4 members (excludes halogenated alkanes) is 2. The van der Waals surface area contributed by atoms with Gasteiger partial charge in [0, 0.05) is 12.8 Å². The SMILES string of the molecule is CCCCC(=O)CCCCI. The summed E-state index contributed by atoms with van der Waals surface area (Å²) in [4.78, 5) is 11.1. The predicted molar refractivity (Wildman–Crippen MR) is 57.3 cm³/mol. The van der Waals surface area contributed by atoms with Crippen molar-refractivity contribution in [3.63, 3.8) is 0 Å². The first kappa shape index (κ1) is 11.4. The first-order valence-corrected chi connectivity index (χ1v) is 5.91. The largest absolute Gasteiger partial charge is 0.300 e. The van der Waals surface area contributed by atoms with Crippen LogP contribution in [0.2, 0.25) is 0 Å². The molecule has 0 aromatic rings. The van der Waals surface area contributed by atoms with E-state index in [1.165, 1.54) is 10.8 Å². The van der Waals surface area contributed by atoms with Gasteiger partial charge in [-0.05, 0) is 23.7 Å². The van der Waals surface area contributed by atoms with Crippen LogP contribution >= 0.6 is 22.6 Å². The highest BCUT2D eigenvalue weighted by molar-refractivity contribution is 14.1. The zero-order valence-electron chi connectivity index (χ0n) is 7.24. The third kappa shape index (κ3) is 8.30. The standard InChI is InChI=1S/C9H17IO/c1-2-3-6-9(11)7-4-5-8-10/h2-8H2,1H3. The summed E-state index contributed by atoms with van der Waals surface area (Å²) in [5.74, 6) is 0.455. The van der Waals surface area contributed by atoms with Gasteiger partial charge in [-0.25, -0.2) is 0 Å². The van der Waals surface area contributed by atoms with E-state index in [0.29, 0.717) is 5.78 Å². The lowest BCUT2D eigenvalue weighted by molar-refractivity contribution is -0.119. The number of carbonyl (C=O) groups is 1. The lowest BCUT2D eigenvalue weighted by Crippen LogP contribution is -1.96. The van der Waals surface area contributed by atoms with Crippen molar-refractivity contribution in [2.45, 2.75) is 45.4 Å². The fraction of sp³-hybridized carbons (Fsp3) is 0.889. The first-order chi connectivity index (χ1) is 5.31. The van der Waals surface area contributed by atoms with Crippen molar-refractivity contribution in [1.29, 1.82) is 0 Å². The van der Waals surface area contributed by atoms with Crippen LogP contribution in [0, 0.1) is 0 Å². The number of halogens is 1. The van der Waals surface area contributed by atoms with E-state index in [4.69, 9.17) is 0 Å². The Bertz CT molecular complexity index is 102. The zero-order chi connectivity index (χ0) is 8.53. The van der Waals surface area contributed by atoms with Gasteiger partial charge < -0.3 is 0 Å². The molecule has 0 bridgehead atoms. The molecular weight excluding hydrogens is 251 g/mol. The van der Waals surface area contributed by atoms with E-state index in [-0.39, 0.29) is 0 Å². The van der Waals surface area contributed by atoms with E-state index in [1.54, 1.807) is 0 Å². The van der Waals surface area contributed by atoms with Gasteiger partial charge in [-0.3, -0.25) is 4.79 Å². The maximum absolute atomic E-state index is 11.1. The summed E-state index contributed by atoms with van der Waals surface area (Å²) >= 11 is 2.35. The molecule has 66 valence electrons. The van der Waals surface area contributed by atoms with Crippen molar-refractivity contribution >= 4 is 28.4 Å². The first-order valence-electron chi connectivity index (χ1n) is 4.39. The van der Waals surface area contributed by atoms with Gasteiger partial charge in [0.15, 0.2) is 0 Å². The minimum absolute atomic E-state index is 0.455. The molecule has 0 rings (SSSR count). The van der Waals surface area contributed by atoms with Crippen LogP contribution in [0.5, 0.6) is 0 Å². The number of Topliss-reactive ketones (excluding diaryl/α,β-unsaturated/α-hetero) is 1. The summed E-state index contributed by atoms with van der Waals surface area (Å²) in [5, 5.41) is 0. The second-order valence-electron chi connectivity index (χ2n) is 2.79. The lowest BCUT2D eigenvalue weighted by atomic mass is 10.1. The van der Waals surface area contributed by atoms with Gasteiger partial charge in [0.2, 0.25) is 0 Å². The van der Waals surface area contributed by atoms with Gasteiger partial charge in [0.05, 0.1) is 0 Å². The van der Waals surface area contributed by atoms with Crippen LogP contribution in [0.15, 0.2) is 0 Å². The quantitative estimate of drug-likeness (QED) is 0.393. The molecule has 0 amide bonds. The molecular formula is C9H17IO. The molecule has 0 aromatic carbocycles. The third-order valence-electron chi connectivity index (χ3n) is 1.65. The smallest absolute Gasteiger partial charge is 0.132 e. The van der Waals surface area contributed by atoms with E-state index < -0.39 is 0 Å². The van der Waals surface area contributed by atoms with Gasteiger partial charge in [-0.2, -0.15) is 0 Å². The van der Waals surface area contributed by atoms with Crippen molar-refractivity contribution in [3.05, 3.63) is 0 Å². The minimum atomic E-state index is 0.455. The molecule has 0 aliphatic carbocycles. The van der Waals surface area contributed by atoms with Crippen LogP contribution in [-0.2, 0) is 4.79 Å². The molecule has 0 aliphatic heterocycles. The van der Waals surface area contributed by atoms with Crippen LogP contribution in [0.25, 0.3) is 0 Å². The molecule has 0 spiro atoms. The highest BCUT2D eigenvalue weighted by atomic mass is 127. The number of hydrogen-bond donors (Lipinski definition) is 0. The summed E-state index contributed by atoms with van der Waals surface area (Å²) in [6.45, 7) is 2.12. The number of alkyl halides is 1. The fourth-order valence-corrected chi connectivity index (χ4v) is 1.45. The third-order valence-corrected chi connectivity index (χ3v) is 2.41. The molecule has 0 saturated carbocycles. The predicted octanol–water partition coefficient (Wildman–Crippen LogP) is 3.35. The molecule has 11 heavy (non-hydrogen) atoms. The molecule has 0 unspecified atom stereocenters. The fourth-order valence-electron chi connectivity index (χ4n) is 0.916. The minimum Gasteiger partial charge on any atom is -0.300 e. The maximum atomic E-state index is 11.1. The summed E-state index contributed by atoms with van der Waals surface area (Å²) < 4.78 is 1.18. The van der Waals surface area contributed by atoms with Crippen LogP contribution < -0.4 is 0 Å². The average Bonchev–Trinajstić information content (AvgIpc) is 2.01. The van der Waals surface area contributed by atoms with Crippen LogP contribution in [0.1, 0.15) is 45.4 Å². The second-order valence-corrected chi connectivity index (χ2v) is 3.87. The van der Waals surface area contributed by atoms with E-state index >= 15 is 0 Å². The topological polar surface area (TPSA) is 17.1 Å². The Hall–Kier alpha value is 0.400. The maximum Gasteiger partial charge on any atom is 0.132 e. The van der Waals surface area contributed by atoms with Crippen molar-refractivity contribution in [3.8, 4) is 0 Å². The van der Waals surface area contributed by atoms with Gasteiger partial charge in [-0.15, -0.1) is 0 Å². The van der Waals surface area contributed by atoms with Crippen LogP contribution in [-0.4, -0.2) is 10.2 Å². The lowest BCUT2D eigenvalue weighted by Gasteiger charge is -1.97. The Morgan fingerprint density at radius 1 is 1.18 bits per heavy atom. The molecule has 0 N–H and O–H groups in total. The number of hydrogen-bond acceptors (Lipinski definition) is 1. The monoisotopic (exact) mass is 268 g/mol. The number of carbonyl (C=O) groups excluding carboxylic acids is 1. The molecule has 0 aromatic heterocycles. The molecule has 0 saturated heterocycles. The number of rotatable bonds is 7. The van der Waals surface area contributed by atoms with Crippen molar-refractivity contribution in [2.75, 3.05) is 4.43 Å². The molecule has 0 heterocycles. The Labute approximate surface area is 83.1 Å². The van der Waals surface area contributed by atoms with E-state index in [1.807, 2.05) is 0 Å². The molecule has 1 nitrogen and oxygen atoms in total. The Balaban J connectivity index is 3.09. The Morgan fingerprint density at radius 3 is 2.36 bits per heavy atom. The van der Waals surface area contributed by atoms with Crippen molar-refractivity contribution in [1.82, 2.24) is 0 Å². The number of ketones is 1. The highest BCUT2D eigenvalue weighted by Crippen LogP contribution is 2.04. The molecule has 0 atom stereocenters. The summed E-state index contributed by atoms with van der Waals surface area (Å²) in [5.41, 5.74) is 0. The normalized spacial score (nSPS) is 10.0. The van der Waals surface area contributed by atoms with Gasteiger partial charge in [0.25, 0.3) is 0 Å². The van der Waals surface area contributed by atoms with Gasteiger partial charge in [0.1, 0.15) is 5.78 Å². The van der Waals surface area contributed by atoms with E-state index in [2.05, 4.69) is 29.5 Å². The molecule has 0 aliphatic rings. The van der Waals surface area contributed by atoms with Crippen molar-refractivity contribution < 1.29 is 4.79 Å². The molecule has 0 radical (unpaired) electrons. The Morgan fingerprint density at radius 2 is 1.82 bits per heavy atom. The van der Waals surface area contributed by atoms with E-state index in [0.717, 1.165) is 32.1 Å². The van der Waals surface area contributed by atoms with E-state index in [9.17, 15) is 4.79 Å². The molecule has 0 fully saturated rings. The summed E-state index contributed by atoms with van der Waals surface area (Å²) in [7, 11) is 0. The summed E-state index contributed by atoms with van der Waals surface area (Å²) in [6, 6.07) is 0. The van der Waals surface area contributed by atoms with Gasteiger partial charge >= 0.3 is 0 Å². The molecule has 2 heteroatoms. The second kappa shape index (κ2) is 8.50.